The Morgan fingerprint density at radius 3 is 1.22 bits per heavy atom. The van der Waals surface area contributed by atoms with Gasteiger partial charge in [-0.1, -0.05) is 158 Å². The zero-order chi connectivity index (χ0) is 39.5. The van der Waals surface area contributed by atoms with Crippen LogP contribution < -0.4 is 9.47 Å². The van der Waals surface area contributed by atoms with Crippen molar-refractivity contribution >= 4 is 55.0 Å². The van der Waals surface area contributed by atoms with Gasteiger partial charge in [-0.2, -0.15) is 0 Å². The Balaban J connectivity index is 0.985. The monoisotopic (exact) mass is 758 g/mol. The Hall–Kier alpha value is -7.82. The highest BCUT2D eigenvalue weighted by Crippen LogP contribution is 2.56. The Labute approximate surface area is 340 Å². The highest BCUT2D eigenvalue weighted by atomic mass is 16.5. The highest BCUT2D eigenvalue weighted by Gasteiger charge is 2.46. The Bertz CT molecular complexity index is 3110. The number of hydrogen-bond acceptors (Lipinski definition) is 4. The van der Waals surface area contributed by atoms with Crippen LogP contribution in [0.25, 0.3) is 54.2 Å². The molecular formula is C55H34O4. The van der Waals surface area contributed by atoms with Crippen molar-refractivity contribution in [3.63, 3.8) is 0 Å². The first-order chi connectivity index (χ1) is 29.0. The van der Waals surface area contributed by atoms with Crippen LogP contribution in [0.3, 0.4) is 0 Å². The third-order valence-corrected chi connectivity index (χ3v) is 11.9. The molecule has 0 saturated heterocycles. The van der Waals surface area contributed by atoms with Gasteiger partial charge >= 0.3 is 11.9 Å². The molecule has 0 atom stereocenters. The fraction of sp³-hybridized carbons (Fsp3) is 0.0182. The molecule has 0 radical (unpaired) electrons. The van der Waals surface area contributed by atoms with Crippen molar-refractivity contribution in [1.29, 1.82) is 0 Å². The SMILES string of the molecule is O=C(Oc1ccc2cc(C3(c4ccc5cc(OC(=O)c6cccc7ccccc67)ccc5c4)c4ccccc4-c4ccccc43)ccc2c1)c1cccc2ccccc12. The second-order valence-electron chi connectivity index (χ2n) is 15.1. The van der Waals surface area contributed by atoms with Gasteiger partial charge in [-0.05, 0) is 125 Å². The molecule has 0 amide bonds. The van der Waals surface area contributed by atoms with E-state index in [2.05, 4.69) is 84.9 Å². The predicted octanol–water partition coefficient (Wildman–Crippen LogP) is 13.1. The molecule has 0 heterocycles. The van der Waals surface area contributed by atoms with E-state index >= 15 is 0 Å². The van der Waals surface area contributed by atoms with E-state index in [4.69, 9.17) is 9.47 Å². The molecule has 0 aromatic heterocycles. The maximum Gasteiger partial charge on any atom is 0.344 e. The lowest BCUT2D eigenvalue weighted by Gasteiger charge is -2.34. The molecule has 1 aliphatic rings. The van der Waals surface area contributed by atoms with Crippen LogP contribution in [0, 0.1) is 0 Å². The minimum atomic E-state index is -0.630. The van der Waals surface area contributed by atoms with Gasteiger partial charge in [0.25, 0.3) is 0 Å². The van der Waals surface area contributed by atoms with Crippen LogP contribution in [0.5, 0.6) is 11.5 Å². The summed E-state index contributed by atoms with van der Waals surface area (Å²) < 4.78 is 11.9. The second kappa shape index (κ2) is 13.7. The van der Waals surface area contributed by atoms with E-state index in [1.54, 1.807) is 0 Å². The molecule has 278 valence electrons. The van der Waals surface area contributed by atoms with Gasteiger partial charge < -0.3 is 9.47 Å². The van der Waals surface area contributed by atoms with Crippen LogP contribution in [0.1, 0.15) is 43.0 Å². The van der Waals surface area contributed by atoms with E-state index in [0.29, 0.717) is 22.6 Å². The lowest BCUT2D eigenvalue weighted by Crippen LogP contribution is -2.28. The van der Waals surface area contributed by atoms with Crippen molar-refractivity contribution in [2.24, 2.45) is 0 Å². The van der Waals surface area contributed by atoms with Crippen LogP contribution in [0.2, 0.25) is 0 Å². The normalized spacial score (nSPS) is 12.7. The van der Waals surface area contributed by atoms with Gasteiger partial charge in [-0.3, -0.25) is 0 Å². The topological polar surface area (TPSA) is 52.6 Å². The maximum absolute atomic E-state index is 13.4. The van der Waals surface area contributed by atoms with Gasteiger partial charge in [-0.25, -0.2) is 9.59 Å². The summed E-state index contributed by atoms with van der Waals surface area (Å²) in [6.07, 6.45) is 0. The van der Waals surface area contributed by atoms with Crippen LogP contribution in [0.15, 0.2) is 206 Å². The van der Waals surface area contributed by atoms with Gasteiger partial charge in [0.05, 0.1) is 16.5 Å². The van der Waals surface area contributed by atoms with E-state index in [0.717, 1.165) is 54.2 Å². The van der Waals surface area contributed by atoms with Crippen molar-refractivity contribution in [3.8, 4) is 22.6 Å². The summed E-state index contributed by atoms with van der Waals surface area (Å²) in [6.45, 7) is 0. The molecule has 11 rings (SSSR count). The summed E-state index contributed by atoms with van der Waals surface area (Å²) in [5, 5.41) is 7.72. The first-order valence-corrected chi connectivity index (χ1v) is 19.7. The smallest absolute Gasteiger partial charge is 0.344 e. The van der Waals surface area contributed by atoms with Crippen molar-refractivity contribution < 1.29 is 19.1 Å². The first-order valence-electron chi connectivity index (χ1n) is 19.7. The van der Waals surface area contributed by atoms with Crippen molar-refractivity contribution in [1.82, 2.24) is 0 Å². The zero-order valence-corrected chi connectivity index (χ0v) is 31.8. The molecule has 10 aromatic rings. The number of hydrogen-bond donors (Lipinski definition) is 0. The fourth-order valence-corrected chi connectivity index (χ4v) is 9.20. The molecule has 0 fully saturated rings. The van der Waals surface area contributed by atoms with E-state index in [1.165, 1.54) is 22.3 Å². The predicted molar refractivity (Wildman–Crippen MR) is 237 cm³/mol. The average molecular weight is 759 g/mol. The quantitative estimate of drug-likeness (QED) is 0.125. The van der Waals surface area contributed by atoms with E-state index in [9.17, 15) is 9.59 Å². The van der Waals surface area contributed by atoms with Gasteiger partial charge in [-0.15, -0.1) is 0 Å². The molecule has 0 aliphatic heterocycles. The molecular weight excluding hydrogens is 725 g/mol. The number of rotatable bonds is 6. The second-order valence-corrected chi connectivity index (χ2v) is 15.1. The minimum Gasteiger partial charge on any atom is -0.423 e. The van der Waals surface area contributed by atoms with Crippen LogP contribution >= 0.6 is 0 Å². The summed E-state index contributed by atoms with van der Waals surface area (Å²) in [7, 11) is 0. The van der Waals surface area contributed by atoms with Crippen molar-refractivity contribution in [2.45, 2.75) is 5.41 Å². The van der Waals surface area contributed by atoms with Crippen LogP contribution in [-0.2, 0) is 5.41 Å². The lowest BCUT2D eigenvalue weighted by atomic mass is 9.67. The zero-order valence-electron chi connectivity index (χ0n) is 31.8. The number of ether oxygens (including phenoxy) is 2. The summed E-state index contributed by atoms with van der Waals surface area (Å²) in [5.74, 6) is 0.210. The van der Waals surface area contributed by atoms with Gasteiger partial charge in [0, 0.05) is 0 Å². The van der Waals surface area contributed by atoms with Gasteiger partial charge in [0.15, 0.2) is 0 Å². The highest BCUT2D eigenvalue weighted by molar-refractivity contribution is 6.06. The summed E-state index contributed by atoms with van der Waals surface area (Å²) in [6, 6.07) is 69.3. The standard InChI is InChI=1S/C55H34O4/c56-53(49-19-9-13-35-11-1-3-15-45(35)49)58-43-29-25-37-31-41(27-23-39(37)33-43)55(51-21-7-5-17-47(51)48-18-6-8-22-52(48)55)42-28-24-40-34-44(30-26-38(40)32-42)59-54(57)50-20-10-14-36-12-2-4-16-46(36)50/h1-34H. The summed E-state index contributed by atoms with van der Waals surface area (Å²) in [4.78, 5) is 26.9. The fourth-order valence-electron chi connectivity index (χ4n) is 9.20. The average Bonchev–Trinajstić information content (AvgIpc) is 3.59. The Morgan fingerprint density at radius 2 is 0.729 bits per heavy atom. The summed E-state index contributed by atoms with van der Waals surface area (Å²) >= 11 is 0. The Morgan fingerprint density at radius 1 is 0.339 bits per heavy atom. The van der Waals surface area contributed by atoms with E-state index in [1.807, 2.05) is 121 Å². The molecule has 1 aliphatic carbocycles. The third-order valence-electron chi connectivity index (χ3n) is 11.9. The minimum absolute atomic E-state index is 0.387. The molecule has 0 bridgehead atoms. The van der Waals surface area contributed by atoms with E-state index in [-0.39, 0.29) is 11.9 Å². The van der Waals surface area contributed by atoms with Crippen LogP contribution in [-0.4, -0.2) is 11.9 Å². The maximum atomic E-state index is 13.4. The number of carbonyl (C=O) groups excluding carboxylic acids is 2. The molecule has 4 heteroatoms. The molecule has 0 spiro atoms. The van der Waals surface area contributed by atoms with Crippen LogP contribution in [0.4, 0.5) is 0 Å². The number of carbonyl (C=O) groups is 2. The molecule has 59 heavy (non-hydrogen) atoms. The molecule has 0 unspecified atom stereocenters. The number of benzene rings is 10. The molecule has 0 saturated carbocycles. The van der Waals surface area contributed by atoms with Gasteiger partial charge in [0.2, 0.25) is 0 Å². The first kappa shape index (κ1) is 34.4. The molecule has 0 N–H and O–H groups in total. The third kappa shape index (κ3) is 5.60. The Kier molecular flexibility index (Phi) is 7.99. The number of fused-ring (bicyclic) bond motifs is 7. The number of esters is 2. The van der Waals surface area contributed by atoms with E-state index < -0.39 is 5.41 Å². The van der Waals surface area contributed by atoms with Gasteiger partial charge in [0.1, 0.15) is 11.5 Å². The molecule has 4 nitrogen and oxygen atoms in total. The van der Waals surface area contributed by atoms with Crippen molar-refractivity contribution in [3.05, 3.63) is 240 Å². The summed E-state index contributed by atoms with van der Waals surface area (Å²) in [5.41, 5.74) is 7.52. The molecule has 10 aromatic carbocycles. The van der Waals surface area contributed by atoms with Crippen molar-refractivity contribution in [2.75, 3.05) is 0 Å². The lowest BCUT2D eigenvalue weighted by molar-refractivity contribution is 0.0727. The largest absolute Gasteiger partial charge is 0.423 e.